The molecule has 23 heavy (non-hydrogen) atoms. The van der Waals surface area contributed by atoms with E-state index in [9.17, 15) is 4.79 Å². The first-order chi connectivity index (χ1) is 11.1. The molecule has 3 rings (SSSR count). The summed E-state index contributed by atoms with van der Waals surface area (Å²) in [4.78, 5) is 16.2. The Balaban J connectivity index is 1.71. The molecule has 8 heteroatoms. The van der Waals surface area contributed by atoms with Gasteiger partial charge in [-0.3, -0.25) is 9.78 Å². The van der Waals surface area contributed by atoms with Crippen molar-refractivity contribution in [1.82, 2.24) is 19.9 Å². The zero-order valence-corrected chi connectivity index (χ0v) is 13.5. The maximum Gasteiger partial charge on any atom is 0.210 e. The molecule has 2 aromatic heterocycles. The standard InChI is InChI=1S/C15H12ClN5OS/c16-12-5-3-10(4-6-12)13(22)9-23-15-20-19-14(21(15)17)11-2-1-7-18-8-11/h1-8H,9,17H2. The van der Waals surface area contributed by atoms with Gasteiger partial charge in [0, 0.05) is 28.5 Å². The van der Waals surface area contributed by atoms with Gasteiger partial charge in [0.05, 0.1) is 5.75 Å². The van der Waals surface area contributed by atoms with Crippen molar-refractivity contribution < 1.29 is 4.79 Å². The molecule has 0 bridgehead atoms. The molecule has 116 valence electrons. The van der Waals surface area contributed by atoms with Crippen molar-refractivity contribution in [3.8, 4) is 11.4 Å². The molecular formula is C15H12ClN5OS. The maximum atomic E-state index is 12.1. The van der Waals surface area contributed by atoms with E-state index in [1.165, 1.54) is 16.4 Å². The fourth-order valence-corrected chi connectivity index (χ4v) is 2.79. The third-order valence-corrected chi connectivity index (χ3v) is 4.28. The number of carbonyl (C=O) groups excluding carboxylic acids is 1. The van der Waals surface area contributed by atoms with Crippen LogP contribution < -0.4 is 5.84 Å². The van der Waals surface area contributed by atoms with E-state index < -0.39 is 0 Å². The van der Waals surface area contributed by atoms with E-state index in [1.54, 1.807) is 42.7 Å². The van der Waals surface area contributed by atoms with Crippen molar-refractivity contribution in [3.63, 3.8) is 0 Å². The van der Waals surface area contributed by atoms with Gasteiger partial charge in [0.15, 0.2) is 11.6 Å². The van der Waals surface area contributed by atoms with E-state index in [0.717, 1.165) is 5.56 Å². The van der Waals surface area contributed by atoms with Crippen molar-refractivity contribution >= 4 is 29.1 Å². The van der Waals surface area contributed by atoms with Crippen LogP contribution in [-0.2, 0) is 0 Å². The molecule has 0 saturated heterocycles. The number of nitrogen functional groups attached to an aromatic ring is 1. The summed E-state index contributed by atoms with van der Waals surface area (Å²) in [6.45, 7) is 0. The monoisotopic (exact) mass is 345 g/mol. The van der Waals surface area contributed by atoms with E-state index in [-0.39, 0.29) is 11.5 Å². The Bertz CT molecular complexity index is 820. The minimum atomic E-state index is -0.0300. The zero-order chi connectivity index (χ0) is 16.2. The lowest BCUT2D eigenvalue weighted by Crippen LogP contribution is -2.12. The van der Waals surface area contributed by atoms with E-state index in [1.807, 2.05) is 6.07 Å². The summed E-state index contributed by atoms with van der Waals surface area (Å²) in [7, 11) is 0. The van der Waals surface area contributed by atoms with Gasteiger partial charge < -0.3 is 5.84 Å². The SMILES string of the molecule is Nn1c(SCC(=O)c2ccc(Cl)cc2)nnc1-c1cccnc1. The summed E-state index contributed by atoms with van der Waals surface area (Å²) in [6, 6.07) is 10.4. The van der Waals surface area contributed by atoms with Gasteiger partial charge in [-0.2, -0.15) is 0 Å². The average Bonchev–Trinajstić information content (AvgIpc) is 2.95. The lowest BCUT2D eigenvalue weighted by atomic mass is 10.1. The summed E-state index contributed by atoms with van der Waals surface area (Å²) < 4.78 is 1.36. The molecule has 0 amide bonds. The van der Waals surface area contributed by atoms with Crippen LogP contribution >= 0.6 is 23.4 Å². The summed E-state index contributed by atoms with van der Waals surface area (Å²) in [5.74, 6) is 6.68. The minimum absolute atomic E-state index is 0.0300. The quantitative estimate of drug-likeness (QED) is 0.434. The Morgan fingerprint density at radius 1 is 1.22 bits per heavy atom. The average molecular weight is 346 g/mol. The number of hydrogen-bond donors (Lipinski definition) is 1. The van der Waals surface area contributed by atoms with Gasteiger partial charge in [0.1, 0.15) is 0 Å². The number of ketones is 1. The predicted molar refractivity (Wildman–Crippen MR) is 89.9 cm³/mol. The molecule has 0 fully saturated rings. The molecule has 2 N–H and O–H groups in total. The lowest BCUT2D eigenvalue weighted by molar-refractivity contribution is 0.102. The highest BCUT2D eigenvalue weighted by atomic mass is 35.5. The number of aromatic nitrogens is 4. The third-order valence-electron chi connectivity index (χ3n) is 3.08. The van der Waals surface area contributed by atoms with Crippen molar-refractivity contribution in [2.24, 2.45) is 0 Å². The van der Waals surface area contributed by atoms with Crippen LogP contribution in [-0.4, -0.2) is 31.4 Å². The van der Waals surface area contributed by atoms with Crippen LogP contribution in [0.15, 0.2) is 53.9 Å². The highest BCUT2D eigenvalue weighted by molar-refractivity contribution is 7.99. The molecule has 0 atom stereocenters. The van der Waals surface area contributed by atoms with Crippen LogP contribution in [0, 0.1) is 0 Å². The summed E-state index contributed by atoms with van der Waals surface area (Å²) >= 11 is 7.04. The second-order valence-corrected chi connectivity index (χ2v) is 6.02. The molecule has 0 saturated carbocycles. The van der Waals surface area contributed by atoms with Crippen LogP contribution in [0.5, 0.6) is 0 Å². The number of Topliss-reactive ketones (excluding diaryl/α,β-unsaturated/α-hetero) is 1. The van der Waals surface area contributed by atoms with Gasteiger partial charge in [-0.15, -0.1) is 10.2 Å². The first-order valence-corrected chi connectivity index (χ1v) is 8.04. The Morgan fingerprint density at radius 3 is 2.70 bits per heavy atom. The first kappa shape index (κ1) is 15.5. The number of halogens is 1. The summed E-state index contributed by atoms with van der Waals surface area (Å²) in [6.07, 6.45) is 3.32. The van der Waals surface area contributed by atoms with Gasteiger partial charge in [-0.25, -0.2) is 4.68 Å². The van der Waals surface area contributed by atoms with E-state index in [0.29, 0.717) is 21.6 Å². The first-order valence-electron chi connectivity index (χ1n) is 6.67. The number of hydrogen-bond acceptors (Lipinski definition) is 6. The zero-order valence-electron chi connectivity index (χ0n) is 11.9. The highest BCUT2D eigenvalue weighted by Crippen LogP contribution is 2.21. The molecular weight excluding hydrogens is 334 g/mol. The van der Waals surface area contributed by atoms with Gasteiger partial charge in [0.2, 0.25) is 5.16 Å². The van der Waals surface area contributed by atoms with Gasteiger partial charge >= 0.3 is 0 Å². The van der Waals surface area contributed by atoms with Crippen molar-refractivity contribution in [1.29, 1.82) is 0 Å². The maximum absolute atomic E-state index is 12.1. The smallest absolute Gasteiger partial charge is 0.210 e. The van der Waals surface area contributed by atoms with Crippen LogP contribution in [0.25, 0.3) is 11.4 Å². The number of carbonyl (C=O) groups is 1. The largest absolute Gasteiger partial charge is 0.335 e. The molecule has 0 aliphatic carbocycles. The van der Waals surface area contributed by atoms with Gasteiger partial charge in [-0.1, -0.05) is 23.4 Å². The second-order valence-electron chi connectivity index (χ2n) is 4.64. The Labute approximate surface area is 141 Å². The fourth-order valence-electron chi connectivity index (χ4n) is 1.92. The number of pyridine rings is 1. The Hall–Kier alpha value is -2.38. The van der Waals surface area contributed by atoms with Crippen molar-refractivity contribution in [2.45, 2.75) is 5.16 Å². The topological polar surface area (TPSA) is 86.7 Å². The molecule has 0 unspecified atom stereocenters. The fraction of sp³-hybridized carbons (Fsp3) is 0.0667. The van der Waals surface area contributed by atoms with Crippen molar-refractivity contribution in [3.05, 3.63) is 59.4 Å². The van der Waals surface area contributed by atoms with Crippen molar-refractivity contribution in [2.75, 3.05) is 11.6 Å². The number of nitrogens with two attached hydrogens (primary N) is 1. The molecule has 0 radical (unpaired) electrons. The highest BCUT2D eigenvalue weighted by Gasteiger charge is 2.14. The summed E-state index contributed by atoms with van der Waals surface area (Å²) in [5, 5.41) is 9.13. The predicted octanol–water partition coefficient (Wildman–Crippen LogP) is 2.68. The Morgan fingerprint density at radius 2 is 2.00 bits per heavy atom. The second kappa shape index (κ2) is 6.80. The molecule has 0 aliphatic heterocycles. The molecule has 2 heterocycles. The Kier molecular flexibility index (Phi) is 4.59. The minimum Gasteiger partial charge on any atom is -0.335 e. The lowest BCUT2D eigenvalue weighted by Gasteiger charge is -2.03. The molecule has 0 aliphatic rings. The summed E-state index contributed by atoms with van der Waals surface area (Å²) in [5.41, 5.74) is 1.36. The molecule has 3 aromatic rings. The van der Waals surface area contributed by atoms with Crippen LogP contribution in [0.1, 0.15) is 10.4 Å². The molecule has 1 aromatic carbocycles. The van der Waals surface area contributed by atoms with Crippen LogP contribution in [0.4, 0.5) is 0 Å². The molecule has 6 nitrogen and oxygen atoms in total. The van der Waals surface area contributed by atoms with E-state index in [4.69, 9.17) is 17.4 Å². The van der Waals surface area contributed by atoms with E-state index in [2.05, 4.69) is 15.2 Å². The number of nitrogens with zero attached hydrogens (tertiary/aromatic N) is 4. The number of rotatable bonds is 5. The van der Waals surface area contributed by atoms with Crippen LogP contribution in [0.3, 0.4) is 0 Å². The molecule has 0 spiro atoms. The van der Waals surface area contributed by atoms with Crippen LogP contribution in [0.2, 0.25) is 5.02 Å². The van der Waals surface area contributed by atoms with Gasteiger partial charge in [-0.05, 0) is 36.4 Å². The third kappa shape index (κ3) is 3.52. The number of benzene rings is 1. The van der Waals surface area contributed by atoms with E-state index >= 15 is 0 Å². The number of thioether (sulfide) groups is 1. The normalized spacial score (nSPS) is 10.7. The van der Waals surface area contributed by atoms with Gasteiger partial charge in [0.25, 0.3) is 0 Å².